The van der Waals surface area contributed by atoms with Gasteiger partial charge in [0.1, 0.15) is 0 Å². The van der Waals surface area contributed by atoms with E-state index < -0.39 is 0 Å². The highest BCUT2D eigenvalue weighted by Gasteiger charge is 2.16. The molecule has 2 N–H and O–H groups in total. The maximum Gasteiger partial charge on any atom is 0.191 e. The van der Waals surface area contributed by atoms with Crippen molar-refractivity contribution < 1.29 is 4.74 Å². The van der Waals surface area contributed by atoms with Crippen molar-refractivity contribution in [1.29, 1.82) is 0 Å². The molecule has 1 fully saturated rings. The van der Waals surface area contributed by atoms with Crippen LogP contribution in [0.5, 0.6) is 0 Å². The monoisotopic (exact) mass is 332 g/mol. The van der Waals surface area contributed by atoms with Crippen molar-refractivity contribution >= 4 is 5.96 Å². The molecule has 0 amide bonds. The highest BCUT2D eigenvalue weighted by molar-refractivity contribution is 5.79. The summed E-state index contributed by atoms with van der Waals surface area (Å²) < 4.78 is 5.62. The number of hydrogen-bond acceptors (Lipinski definition) is 3. The van der Waals surface area contributed by atoms with Gasteiger partial charge in [0, 0.05) is 39.8 Å². The Morgan fingerprint density at radius 2 is 2.17 bits per heavy atom. The van der Waals surface area contributed by atoms with Crippen molar-refractivity contribution in [3.63, 3.8) is 0 Å². The van der Waals surface area contributed by atoms with Crippen molar-refractivity contribution in [3.8, 4) is 0 Å². The Morgan fingerprint density at radius 1 is 1.33 bits per heavy atom. The van der Waals surface area contributed by atoms with Crippen LogP contribution < -0.4 is 10.6 Å². The largest absolute Gasteiger partial charge is 0.376 e. The summed E-state index contributed by atoms with van der Waals surface area (Å²) in [4.78, 5) is 6.74. The predicted octanol–water partition coefficient (Wildman–Crippen LogP) is 2.37. The first-order chi connectivity index (χ1) is 11.7. The minimum absolute atomic E-state index is 0.334. The maximum atomic E-state index is 5.62. The van der Waals surface area contributed by atoms with Crippen molar-refractivity contribution in [2.75, 3.05) is 33.3 Å². The Balaban J connectivity index is 1.83. The van der Waals surface area contributed by atoms with Crippen LogP contribution in [0.4, 0.5) is 0 Å². The van der Waals surface area contributed by atoms with Crippen molar-refractivity contribution in [1.82, 2.24) is 15.5 Å². The predicted molar refractivity (Wildman–Crippen MR) is 100 cm³/mol. The number of aliphatic imine (C=N–C) groups is 1. The van der Waals surface area contributed by atoms with E-state index in [1.54, 1.807) is 0 Å². The maximum absolute atomic E-state index is 5.62. The summed E-state index contributed by atoms with van der Waals surface area (Å²) in [7, 11) is 1.82. The fraction of sp³-hybridized carbons (Fsp3) is 0.632. The quantitative estimate of drug-likeness (QED) is 0.457. The Morgan fingerprint density at radius 3 is 2.92 bits per heavy atom. The highest BCUT2D eigenvalue weighted by atomic mass is 16.5. The van der Waals surface area contributed by atoms with E-state index in [1.165, 1.54) is 17.5 Å². The van der Waals surface area contributed by atoms with Gasteiger partial charge in [0.15, 0.2) is 5.96 Å². The van der Waals surface area contributed by atoms with Gasteiger partial charge in [-0.15, -0.1) is 0 Å². The molecule has 0 bridgehead atoms. The molecular weight excluding hydrogens is 300 g/mol. The zero-order valence-electron chi connectivity index (χ0n) is 15.3. The minimum atomic E-state index is 0.334. The first-order valence-electron chi connectivity index (χ1n) is 9.07. The van der Waals surface area contributed by atoms with Gasteiger partial charge in [0.25, 0.3) is 0 Å². The summed E-state index contributed by atoms with van der Waals surface area (Å²) in [6.07, 6.45) is 2.68. The smallest absolute Gasteiger partial charge is 0.191 e. The number of benzene rings is 1. The first-order valence-corrected chi connectivity index (χ1v) is 9.07. The topological polar surface area (TPSA) is 48.9 Å². The van der Waals surface area contributed by atoms with Gasteiger partial charge < -0.3 is 15.4 Å². The number of guanidine groups is 1. The van der Waals surface area contributed by atoms with E-state index in [0.717, 1.165) is 51.7 Å². The molecule has 24 heavy (non-hydrogen) atoms. The molecule has 5 nitrogen and oxygen atoms in total. The molecule has 0 saturated carbocycles. The number of hydrogen-bond donors (Lipinski definition) is 2. The standard InChI is InChI=1S/C19H32N4O/c1-4-5-9-21-19(20-3)22-13-17-7-6-8-18(12-17)15-23-10-11-24-16(2)14-23/h6-8,12,16H,4-5,9-11,13-15H2,1-3H3,(H2,20,21,22). The SMILES string of the molecule is CCCCNC(=NC)NCc1cccc(CN2CCOC(C)C2)c1. The van der Waals surface area contributed by atoms with Crippen LogP contribution in [0.15, 0.2) is 29.3 Å². The van der Waals surface area contributed by atoms with E-state index in [2.05, 4.69) is 58.6 Å². The van der Waals surface area contributed by atoms with Crippen LogP contribution >= 0.6 is 0 Å². The van der Waals surface area contributed by atoms with Crippen molar-refractivity contribution in [3.05, 3.63) is 35.4 Å². The lowest BCUT2D eigenvalue weighted by Gasteiger charge is -2.31. The summed E-state index contributed by atoms with van der Waals surface area (Å²) in [5.74, 6) is 0.871. The number of nitrogens with zero attached hydrogens (tertiary/aromatic N) is 2. The molecule has 2 rings (SSSR count). The molecule has 5 heteroatoms. The van der Waals surface area contributed by atoms with E-state index in [9.17, 15) is 0 Å². The van der Waals surface area contributed by atoms with E-state index in [4.69, 9.17) is 4.74 Å². The molecule has 134 valence electrons. The third-order valence-electron chi connectivity index (χ3n) is 4.23. The van der Waals surface area contributed by atoms with Gasteiger partial charge in [-0.1, -0.05) is 37.6 Å². The van der Waals surface area contributed by atoms with Crippen LogP contribution in [0.1, 0.15) is 37.8 Å². The second-order valence-corrected chi connectivity index (χ2v) is 6.44. The molecule has 0 spiro atoms. The fourth-order valence-electron chi connectivity index (χ4n) is 2.92. The molecule has 1 unspecified atom stereocenters. The molecule has 1 aromatic carbocycles. The van der Waals surface area contributed by atoms with E-state index in [1.807, 2.05) is 7.05 Å². The lowest BCUT2D eigenvalue weighted by atomic mass is 10.1. The van der Waals surface area contributed by atoms with E-state index >= 15 is 0 Å². The molecule has 1 aliphatic rings. The van der Waals surface area contributed by atoms with Gasteiger partial charge in [-0.2, -0.15) is 0 Å². The Hall–Kier alpha value is -1.59. The summed E-state index contributed by atoms with van der Waals surface area (Å²) in [6, 6.07) is 8.80. The molecule has 1 aliphatic heterocycles. The second kappa shape index (κ2) is 10.3. The number of unbranched alkanes of at least 4 members (excludes halogenated alkanes) is 1. The molecular formula is C19H32N4O. The molecule has 1 heterocycles. The van der Waals surface area contributed by atoms with Gasteiger partial charge in [-0.3, -0.25) is 9.89 Å². The number of rotatable bonds is 7. The molecule has 0 aliphatic carbocycles. The van der Waals surface area contributed by atoms with Crippen LogP contribution in [0, 0.1) is 0 Å². The van der Waals surface area contributed by atoms with Gasteiger partial charge in [-0.05, 0) is 24.5 Å². The summed E-state index contributed by atoms with van der Waals surface area (Å²) in [6.45, 7) is 9.94. The number of ether oxygens (including phenoxy) is 1. The average molecular weight is 332 g/mol. The normalized spacial score (nSPS) is 19.3. The first kappa shape index (κ1) is 18.7. The zero-order chi connectivity index (χ0) is 17.2. The van der Waals surface area contributed by atoms with Crippen molar-refractivity contribution in [2.24, 2.45) is 4.99 Å². The molecule has 0 radical (unpaired) electrons. The van der Waals surface area contributed by atoms with Crippen LogP contribution in [-0.4, -0.2) is 50.3 Å². The molecule has 1 saturated heterocycles. The second-order valence-electron chi connectivity index (χ2n) is 6.44. The zero-order valence-corrected chi connectivity index (χ0v) is 15.3. The van der Waals surface area contributed by atoms with E-state index in [-0.39, 0.29) is 0 Å². The number of nitrogens with one attached hydrogen (secondary N) is 2. The highest BCUT2D eigenvalue weighted by Crippen LogP contribution is 2.12. The summed E-state index contributed by atoms with van der Waals surface area (Å²) in [5, 5.41) is 6.73. The van der Waals surface area contributed by atoms with Crippen molar-refractivity contribution in [2.45, 2.75) is 45.9 Å². The Kier molecular flexibility index (Phi) is 8.05. The summed E-state index contributed by atoms with van der Waals surface area (Å²) >= 11 is 0. The third kappa shape index (κ3) is 6.49. The lowest BCUT2D eigenvalue weighted by molar-refractivity contribution is -0.0212. The lowest BCUT2D eigenvalue weighted by Crippen LogP contribution is -2.40. The number of morpholine rings is 1. The van der Waals surface area contributed by atoms with Crippen LogP contribution in [0.2, 0.25) is 0 Å². The molecule has 1 atom stereocenters. The molecule has 1 aromatic rings. The Bertz CT molecular complexity index is 518. The average Bonchev–Trinajstić information content (AvgIpc) is 2.58. The Labute approximate surface area is 146 Å². The molecule has 0 aromatic heterocycles. The minimum Gasteiger partial charge on any atom is -0.376 e. The van der Waals surface area contributed by atoms with Crippen LogP contribution in [0.3, 0.4) is 0 Å². The van der Waals surface area contributed by atoms with Gasteiger partial charge in [0.05, 0.1) is 12.7 Å². The van der Waals surface area contributed by atoms with Gasteiger partial charge >= 0.3 is 0 Å². The van der Waals surface area contributed by atoms with Crippen LogP contribution in [0.25, 0.3) is 0 Å². The van der Waals surface area contributed by atoms with Gasteiger partial charge in [0.2, 0.25) is 0 Å². The summed E-state index contributed by atoms with van der Waals surface area (Å²) in [5.41, 5.74) is 2.64. The fourth-order valence-corrected chi connectivity index (χ4v) is 2.92. The van der Waals surface area contributed by atoms with Gasteiger partial charge in [-0.25, -0.2) is 0 Å². The third-order valence-corrected chi connectivity index (χ3v) is 4.23. The van der Waals surface area contributed by atoms with E-state index in [0.29, 0.717) is 6.10 Å². The van der Waals surface area contributed by atoms with Crippen LogP contribution in [-0.2, 0) is 17.8 Å².